The molecule has 1 aromatic rings. The highest BCUT2D eigenvalue weighted by molar-refractivity contribution is 7.14. The average molecular weight is 293 g/mol. The third kappa shape index (κ3) is 2.04. The largest absolute Gasteiger partial charge is 0.481 e. The van der Waals surface area contributed by atoms with E-state index in [0.29, 0.717) is 25.9 Å². The maximum absolute atomic E-state index is 12.5. The lowest BCUT2D eigenvalue weighted by Crippen LogP contribution is -2.36. The lowest BCUT2D eigenvalue weighted by atomic mass is 9.84. The van der Waals surface area contributed by atoms with Gasteiger partial charge in [0.1, 0.15) is 0 Å². The molecule has 0 bridgehead atoms. The highest BCUT2D eigenvalue weighted by Crippen LogP contribution is 2.37. The zero-order valence-corrected chi connectivity index (χ0v) is 12.5. The molecule has 1 aliphatic heterocycles. The summed E-state index contributed by atoms with van der Waals surface area (Å²) in [5.41, 5.74) is 0.577. The summed E-state index contributed by atoms with van der Waals surface area (Å²) in [4.78, 5) is 27.8. The van der Waals surface area contributed by atoms with Gasteiger partial charge in [0.2, 0.25) is 0 Å². The number of hydrogen-bond donors (Lipinski definition) is 1. The van der Waals surface area contributed by atoms with Gasteiger partial charge in [-0.25, -0.2) is 0 Å². The first-order valence-corrected chi connectivity index (χ1v) is 8.01. The lowest BCUT2D eigenvalue weighted by Gasteiger charge is -2.22. The standard InChI is InChI=1S/C15H19NO3S/c1-2-15(14(18)19)6-7-16(9-15)13(17)12-8-10-4-3-5-11(10)20-12/h8H,2-7,9H2,1H3,(H,18,19). The minimum absolute atomic E-state index is 0.0148. The van der Waals surface area contributed by atoms with E-state index in [4.69, 9.17) is 0 Å². The summed E-state index contributed by atoms with van der Waals surface area (Å²) in [5, 5.41) is 9.39. The molecule has 1 aliphatic carbocycles. The van der Waals surface area contributed by atoms with Gasteiger partial charge in [-0.15, -0.1) is 11.3 Å². The Bertz CT molecular complexity index is 544. The molecule has 0 spiro atoms. The van der Waals surface area contributed by atoms with E-state index >= 15 is 0 Å². The third-order valence-electron chi connectivity index (χ3n) is 4.73. The van der Waals surface area contributed by atoms with Crippen LogP contribution >= 0.6 is 11.3 Å². The molecule has 1 N–H and O–H groups in total. The second kappa shape index (κ2) is 4.88. The minimum Gasteiger partial charge on any atom is -0.481 e. The molecule has 5 heteroatoms. The van der Waals surface area contributed by atoms with E-state index in [1.165, 1.54) is 16.9 Å². The number of aliphatic carboxylic acids is 1. The van der Waals surface area contributed by atoms with Crippen LogP contribution in [0, 0.1) is 5.41 Å². The number of carboxylic acids is 1. The Labute approximate surface area is 122 Å². The summed E-state index contributed by atoms with van der Waals surface area (Å²) in [5.74, 6) is -0.759. The molecular weight excluding hydrogens is 274 g/mol. The Kier molecular flexibility index (Phi) is 3.32. The number of carbonyl (C=O) groups is 2. The van der Waals surface area contributed by atoms with Crippen LogP contribution in [0.4, 0.5) is 0 Å². The molecule has 0 aromatic carbocycles. The Morgan fingerprint density at radius 1 is 1.45 bits per heavy atom. The number of carboxylic acid groups (broad SMARTS) is 1. The maximum atomic E-state index is 12.5. The van der Waals surface area contributed by atoms with E-state index in [1.807, 2.05) is 13.0 Å². The van der Waals surface area contributed by atoms with E-state index in [2.05, 4.69) is 0 Å². The van der Waals surface area contributed by atoms with Crippen LogP contribution in [0.2, 0.25) is 0 Å². The van der Waals surface area contributed by atoms with E-state index < -0.39 is 11.4 Å². The zero-order chi connectivity index (χ0) is 14.3. The van der Waals surface area contributed by atoms with Gasteiger partial charge in [0, 0.05) is 18.0 Å². The molecule has 108 valence electrons. The zero-order valence-electron chi connectivity index (χ0n) is 11.6. The summed E-state index contributed by atoms with van der Waals surface area (Å²) in [7, 11) is 0. The van der Waals surface area contributed by atoms with Crippen LogP contribution in [0.25, 0.3) is 0 Å². The van der Waals surface area contributed by atoms with Gasteiger partial charge < -0.3 is 10.0 Å². The summed E-state index contributed by atoms with van der Waals surface area (Å²) in [6.07, 6.45) is 4.49. The molecule has 3 rings (SSSR count). The Morgan fingerprint density at radius 3 is 2.85 bits per heavy atom. The van der Waals surface area contributed by atoms with Crippen LogP contribution in [-0.4, -0.2) is 35.0 Å². The predicted octanol–water partition coefficient (Wildman–Crippen LogP) is 2.56. The first-order valence-electron chi connectivity index (χ1n) is 7.20. The lowest BCUT2D eigenvalue weighted by molar-refractivity contribution is -0.148. The summed E-state index contributed by atoms with van der Waals surface area (Å²) >= 11 is 1.59. The smallest absolute Gasteiger partial charge is 0.311 e. The monoisotopic (exact) mass is 293 g/mol. The molecule has 2 aliphatic rings. The van der Waals surface area contributed by atoms with Crippen molar-refractivity contribution in [2.45, 2.75) is 39.0 Å². The van der Waals surface area contributed by atoms with Gasteiger partial charge in [0.05, 0.1) is 10.3 Å². The molecule has 1 fully saturated rings. The summed E-state index contributed by atoms with van der Waals surface area (Å²) in [6, 6.07) is 2.02. The van der Waals surface area contributed by atoms with Crippen molar-refractivity contribution in [3.05, 3.63) is 21.4 Å². The molecule has 1 atom stereocenters. The van der Waals surface area contributed by atoms with Crippen LogP contribution in [-0.2, 0) is 17.6 Å². The number of likely N-dealkylation sites (tertiary alicyclic amines) is 1. The quantitative estimate of drug-likeness (QED) is 0.932. The number of aryl methyl sites for hydroxylation is 2. The van der Waals surface area contributed by atoms with Gasteiger partial charge in [-0.05, 0) is 43.7 Å². The fourth-order valence-electron chi connectivity index (χ4n) is 3.25. The first kappa shape index (κ1) is 13.6. The van der Waals surface area contributed by atoms with Crippen LogP contribution in [0.15, 0.2) is 6.07 Å². The van der Waals surface area contributed by atoms with Gasteiger partial charge in [-0.2, -0.15) is 0 Å². The van der Waals surface area contributed by atoms with Crippen LogP contribution in [0.3, 0.4) is 0 Å². The number of carbonyl (C=O) groups excluding carboxylic acids is 1. The van der Waals surface area contributed by atoms with Crippen molar-refractivity contribution in [1.29, 1.82) is 0 Å². The number of rotatable bonds is 3. The Hall–Kier alpha value is -1.36. The molecule has 1 saturated heterocycles. The number of thiophene rings is 1. The van der Waals surface area contributed by atoms with Crippen molar-refractivity contribution in [3.8, 4) is 0 Å². The molecule has 2 heterocycles. The van der Waals surface area contributed by atoms with E-state index in [9.17, 15) is 14.7 Å². The highest BCUT2D eigenvalue weighted by atomic mass is 32.1. The highest BCUT2D eigenvalue weighted by Gasteiger charge is 2.45. The Balaban J connectivity index is 1.77. The normalized spacial score (nSPS) is 24.9. The molecule has 0 radical (unpaired) electrons. The van der Waals surface area contributed by atoms with Crippen molar-refractivity contribution in [3.63, 3.8) is 0 Å². The number of hydrogen-bond acceptors (Lipinski definition) is 3. The second-order valence-electron chi connectivity index (χ2n) is 5.83. The van der Waals surface area contributed by atoms with E-state index in [-0.39, 0.29) is 5.91 Å². The first-order chi connectivity index (χ1) is 9.55. The van der Waals surface area contributed by atoms with Gasteiger partial charge in [0.25, 0.3) is 5.91 Å². The van der Waals surface area contributed by atoms with Crippen molar-refractivity contribution in [2.24, 2.45) is 5.41 Å². The topological polar surface area (TPSA) is 57.6 Å². The minimum atomic E-state index is -0.774. The SMILES string of the molecule is CCC1(C(=O)O)CCN(C(=O)c2cc3c(s2)CCC3)C1. The van der Waals surface area contributed by atoms with Crippen LogP contribution in [0.5, 0.6) is 0 Å². The fourth-order valence-corrected chi connectivity index (χ4v) is 4.47. The predicted molar refractivity (Wildman–Crippen MR) is 77.2 cm³/mol. The second-order valence-corrected chi connectivity index (χ2v) is 6.97. The Morgan fingerprint density at radius 2 is 2.25 bits per heavy atom. The fraction of sp³-hybridized carbons (Fsp3) is 0.600. The number of amides is 1. The van der Waals surface area contributed by atoms with Gasteiger partial charge in [-0.1, -0.05) is 6.92 Å². The molecule has 4 nitrogen and oxygen atoms in total. The van der Waals surface area contributed by atoms with Crippen molar-refractivity contribution < 1.29 is 14.7 Å². The molecule has 1 amide bonds. The van der Waals surface area contributed by atoms with Crippen molar-refractivity contribution in [2.75, 3.05) is 13.1 Å². The summed E-state index contributed by atoms with van der Waals surface area (Å²) in [6.45, 7) is 2.80. The van der Waals surface area contributed by atoms with E-state index in [1.54, 1.807) is 16.2 Å². The van der Waals surface area contributed by atoms with Gasteiger partial charge >= 0.3 is 5.97 Å². The average Bonchev–Trinajstić information content (AvgIpc) is 3.11. The number of fused-ring (bicyclic) bond motifs is 1. The van der Waals surface area contributed by atoms with Crippen LogP contribution < -0.4 is 0 Å². The van der Waals surface area contributed by atoms with Gasteiger partial charge in [-0.3, -0.25) is 9.59 Å². The number of nitrogens with zero attached hydrogens (tertiary/aromatic N) is 1. The maximum Gasteiger partial charge on any atom is 0.311 e. The van der Waals surface area contributed by atoms with Crippen LogP contribution in [0.1, 0.15) is 46.3 Å². The molecule has 1 unspecified atom stereocenters. The summed E-state index contributed by atoms with van der Waals surface area (Å²) < 4.78 is 0. The third-order valence-corrected chi connectivity index (χ3v) is 5.95. The molecular formula is C15H19NO3S. The van der Waals surface area contributed by atoms with Crippen molar-refractivity contribution in [1.82, 2.24) is 4.90 Å². The molecule has 1 aromatic heterocycles. The molecule has 20 heavy (non-hydrogen) atoms. The van der Waals surface area contributed by atoms with E-state index in [0.717, 1.165) is 17.7 Å². The molecule has 0 saturated carbocycles. The van der Waals surface area contributed by atoms with Gasteiger partial charge in [0.15, 0.2) is 0 Å². The van der Waals surface area contributed by atoms with Crippen molar-refractivity contribution >= 4 is 23.2 Å².